The number of methoxy groups -OCH3 is 1. The van der Waals surface area contributed by atoms with Gasteiger partial charge in [-0.3, -0.25) is 14.6 Å². The molecule has 134 valence electrons. The van der Waals surface area contributed by atoms with Crippen molar-refractivity contribution in [3.05, 3.63) is 35.6 Å². The smallest absolute Gasteiger partial charge is 0.305 e. The zero-order chi connectivity index (χ0) is 18.6. The second-order valence-electron chi connectivity index (χ2n) is 6.99. The first-order valence-corrected chi connectivity index (χ1v) is 8.17. The number of nitrogens with two attached hydrogens (primary N) is 1. The van der Waals surface area contributed by atoms with E-state index in [0.29, 0.717) is 29.9 Å². The summed E-state index contributed by atoms with van der Waals surface area (Å²) in [6, 6.07) is 6.99. The van der Waals surface area contributed by atoms with Crippen molar-refractivity contribution in [2.45, 2.75) is 39.5 Å². The maximum atomic E-state index is 12.6. The Hall–Kier alpha value is -2.63. The number of nitrogen functional groups attached to an aromatic ring is 1. The third-order valence-corrected chi connectivity index (χ3v) is 4.09. The van der Waals surface area contributed by atoms with Crippen LogP contribution < -0.4 is 5.73 Å². The third kappa shape index (κ3) is 4.92. The molecule has 6 heteroatoms. The second-order valence-corrected chi connectivity index (χ2v) is 6.99. The molecule has 0 atom stereocenters. The van der Waals surface area contributed by atoms with Crippen molar-refractivity contribution in [3.63, 3.8) is 0 Å². The van der Waals surface area contributed by atoms with Crippen molar-refractivity contribution in [3.8, 4) is 0 Å². The van der Waals surface area contributed by atoms with Crippen LogP contribution in [0.25, 0.3) is 0 Å². The molecule has 1 fully saturated rings. The Kier molecular flexibility index (Phi) is 5.62. The fourth-order valence-electron chi connectivity index (χ4n) is 2.86. The Morgan fingerprint density at radius 2 is 1.88 bits per heavy atom. The number of aliphatic hydroxyl groups excluding tert-OH is 1. The zero-order valence-electron chi connectivity index (χ0n) is 14.8. The molecule has 0 bridgehead atoms. The number of anilines is 1. The molecule has 0 radical (unpaired) electrons. The van der Waals surface area contributed by atoms with E-state index in [1.165, 1.54) is 7.11 Å². The predicted octanol–water partition coefficient (Wildman–Crippen LogP) is 3.50. The quantitative estimate of drug-likeness (QED) is 0.377. The number of esters is 1. The molecule has 3 N–H and O–H groups in total. The fraction of sp³-hybridized carbons (Fsp3) is 0.421. The Morgan fingerprint density at radius 1 is 1.24 bits per heavy atom. The third-order valence-electron chi connectivity index (χ3n) is 4.09. The number of aliphatic hydroxyl groups is 1. The minimum atomic E-state index is -0.437. The molecule has 1 aromatic rings. The molecule has 1 aromatic carbocycles. The predicted molar refractivity (Wildman–Crippen MR) is 96.9 cm³/mol. The number of carbonyl (C=O) groups excluding carboxylic acids is 2. The van der Waals surface area contributed by atoms with Gasteiger partial charge in [0.05, 0.1) is 30.5 Å². The van der Waals surface area contributed by atoms with E-state index >= 15 is 0 Å². The van der Waals surface area contributed by atoms with E-state index in [-0.39, 0.29) is 35.4 Å². The average molecular weight is 344 g/mol. The van der Waals surface area contributed by atoms with Crippen LogP contribution in [0, 0.1) is 5.41 Å². The van der Waals surface area contributed by atoms with E-state index in [1.807, 2.05) is 13.8 Å². The van der Waals surface area contributed by atoms with Crippen LogP contribution in [0.2, 0.25) is 0 Å². The van der Waals surface area contributed by atoms with E-state index in [4.69, 9.17) is 5.73 Å². The van der Waals surface area contributed by atoms with Crippen molar-refractivity contribution in [1.82, 2.24) is 0 Å². The van der Waals surface area contributed by atoms with Crippen molar-refractivity contribution in [1.29, 1.82) is 0 Å². The summed E-state index contributed by atoms with van der Waals surface area (Å²) < 4.78 is 4.58. The number of allylic oxidation sites excluding steroid dienone is 2. The molecule has 2 rings (SSSR count). The number of carbonyl (C=O) groups is 2. The Morgan fingerprint density at radius 3 is 2.48 bits per heavy atom. The van der Waals surface area contributed by atoms with Gasteiger partial charge in [-0.2, -0.15) is 0 Å². The van der Waals surface area contributed by atoms with E-state index in [1.54, 1.807) is 24.3 Å². The summed E-state index contributed by atoms with van der Waals surface area (Å²) in [6.45, 7) is 3.98. The van der Waals surface area contributed by atoms with Crippen LogP contribution in [0.4, 0.5) is 11.4 Å². The Labute approximate surface area is 147 Å². The molecule has 25 heavy (non-hydrogen) atoms. The van der Waals surface area contributed by atoms with Crippen LogP contribution in [-0.4, -0.2) is 29.7 Å². The molecule has 0 saturated heterocycles. The number of hydrogen-bond acceptors (Lipinski definition) is 6. The van der Waals surface area contributed by atoms with E-state index in [9.17, 15) is 14.7 Å². The maximum absolute atomic E-state index is 12.6. The molecule has 1 aliphatic carbocycles. The number of nitrogens with zero attached hydrogens (tertiary/aromatic N) is 1. The lowest BCUT2D eigenvalue weighted by molar-refractivity contribution is -0.140. The van der Waals surface area contributed by atoms with Crippen LogP contribution in [0.3, 0.4) is 0 Å². The fourth-order valence-corrected chi connectivity index (χ4v) is 2.86. The highest BCUT2D eigenvalue weighted by atomic mass is 16.5. The highest BCUT2D eigenvalue weighted by Crippen LogP contribution is 2.36. The Bertz CT molecular complexity index is 730. The first-order chi connectivity index (χ1) is 11.7. The molecule has 0 aromatic heterocycles. The second kappa shape index (κ2) is 7.51. The van der Waals surface area contributed by atoms with Gasteiger partial charge >= 0.3 is 5.97 Å². The van der Waals surface area contributed by atoms with Gasteiger partial charge in [-0.15, -0.1) is 0 Å². The van der Waals surface area contributed by atoms with Gasteiger partial charge < -0.3 is 15.6 Å². The van der Waals surface area contributed by atoms with Gasteiger partial charge in [-0.1, -0.05) is 13.8 Å². The first-order valence-electron chi connectivity index (χ1n) is 8.17. The van der Waals surface area contributed by atoms with Gasteiger partial charge in [0.25, 0.3) is 0 Å². The van der Waals surface area contributed by atoms with Gasteiger partial charge in [0.15, 0.2) is 5.78 Å². The van der Waals surface area contributed by atoms with Crippen LogP contribution in [-0.2, 0) is 14.3 Å². The monoisotopic (exact) mass is 344 g/mol. The molecule has 0 spiro atoms. The van der Waals surface area contributed by atoms with Gasteiger partial charge in [0, 0.05) is 18.5 Å². The molecule has 0 amide bonds. The van der Waals surface area contributed by atoms with E-state index < -0.39 is 5.97 Å². The van der Waals surface area contributed by atoms with Crippen LogP contribution in [0.15, 0.2) is 40.6 Å². The minimum Gasteiger partial charge on any atom is -0.511 e. The summed E-state index contributed by atoms with van der Waals surface area (Å²) in [6.07, 6.45) is 0.943. The van der Waals surface area contributed by atoms with Crippen molar-refractivity contribution < 1.29 is 19.4 Å². The standard InChI is InChI=1S/C19H24N2O4/c1-19(2)10-14(21-13-6-4-12(20)5-7-13)18(16(23)11-19)15(22)8-9-17(24)25-3/h4-7,22H,8-11,20H2,1-3H3/b18-15+,21-14?. The molecular weight excluding hydrogens is 320 g/mol. The van der Waals surface area contributed by atoms with Crippen LogP contribution in [0.1, 0.15) is 39.5 Å². The van der Waals surface area contributed by atoms with E-state index in [2.05, 4.69) is 9.73 Å². The molecule has 1 saturated carbocycles. The normalized spacial score (nSPS) is 20.4. The van der Waals surface area contributed by atoms with Crippen molar-refractivity contribution >= 4 is 28.8 Å². The summed E-state index contributed by atoms with van der Waals surface area (Å²) in [5.41, 5.74) is 7.49. The summed E-state index contributed by atoms with van der Waals surface area (Å²) in [7, 11) is 1.29. The number of ketones is 1. The van der Waals surface area contributed by atoms with E-state index in [0.717, 1.165) is 0 Å². The molecule has 6 nitrogen and oxygen atoms in total. The summed E-state index contributed by atoms with van der Waals surface area (Å²) in [5, 5.41) is 10.4. The highest BCUT2D eigenvalue weighted by molar-refractivity contribution is 6.25. The largest absolute Gasteiger partial charge is 0.511 e. The lowest BCUT2D eigenvalue weighted by atomic mass is 9.73. The summed E-state index contributed by atoms with van der Waals surface area (Å²) >= 11 is 0. The average Bonchev–Trinajstić information content (AvgIpc) is 2.53. The number of benzene rings is 1. The lowest BCUT2D eigenvalue weighted by Crippen LogP contribution is -2.32. The van der Waals surface area contributed by atoms with Gasteiger partial charge in [-0.05, 0) is 36.1 Å². The highest BCUT2D eigenvalue weighted by Gasteiger charge is 2.36. The zero-order valence-corrected chi connectivity index (χ0v) is 14.8. The molecule has 0 heterocycles. The molecular formula is C19H24N2O4. The van der Waals surface area contributed by atoms with Gasteiger partial charge in [0.1, 0.15) is 5.76 Å². The van der Waals surface area contributed by atoms with Crippen LogP contribution >= 0.6 is 0 Å². The van der Waals surface area contributed by atoms with Crippen molar-refractivity contribution in [2.75, 3.05) is 12.8 Å². The molecule has 0 aliphatic heterocycles. The minimum absolute atomic E-state index is 0.0116. The Balaban J connectivity index is 2.40. The number of ether oxygens (including phenoxy) is 1. The summed E-state index contributed by atoms with van der Waals surface area (Å²) in [4.78, 5) is 28.5. The van der Waals surface area contributed by atoms with Gasteiger partial charge in [-0.25, -0.2) is 0 Å². The number of hydrogen-bond donors (Lipinski definition) is 2. The molecule has 0 unspecified atom stereocenters. The lowest BCUT2D eigenvalue weighted by Gasteiger charge is -2.31. The summed E-state index contributed by atoms with van der Waals surface area (Å²) in [5.74, 6) is -0.708. The van der Waals surface area contributed by atoms with Crippen LogP contribution in [0.5, 0.6) is 0 Å². The topological polar surface area (TPSA) is 102 Å². The number of Topliss-reactive ketones (excluding diaryl/α,β-unsaturated/α-hetero) is 1. The van der Waals surface area contributed by atoms with Crippen molar-refractivity contribution in [2.24, 2.45) is 10.4 Å². The number of rotatable bonds is 4. The van der Waals surface area contributed by atoms with Gasteiger partial charge in [0.2, 0.25) is 0 Å². The maximum Gasteiger partial charge on any atom is 0.305 e. The SMILES string of the molecule is COC(=O)CC/C(O)=C1\C(=O)CC(C)(C)CC1=Nc1ccc(N)cc1. The number of aliphatic imine (C=N–C) groups is 1. The molecule has 1 aliphatic rings. The first kappa shape index (κ1) is 18.7.